The number of aromatic nitrogens is 2. The van der Waals surface area contributed by atoms with Crippen molar-refractivity contribution in [3.8, 4) is 0 Å². The van der Waals surface area contributed by atoms with Gasteiger partial charge in [-0.15, -0.1) is 0 Å². The van der Waals surface area contributed by atoms with Crippen molar-refractivity contribution in [2.45, 2.75) is 17.1 Å². The van der Waals surface area contributed by atoms with Gasteiger partial charge in [-0.25, -0.2) is 9.97 Å². The first-order valence-electron chi connectivity index (χ1n) is 5.45. The van der Waals surface area contributed by atoms with Crippen LogP contribution in [0.1, 0.15) is 11.1 Å². The molecule has 0 radical (unpaired) electrons. The summed E-state index contributed by atoms with van der Waals surface area (Å²) in [4.78, 5) is 8.08. The fourth-order valence-electron chi connectivity index (χ4n) is 1.31. The molecule has 1 aromatic heterocycles. The van der Waals surface area contributed by atoms with Crippen LogP contribution in [0, 0.1) is 0 Å². The van der Waals surface area contributed by atoms with Gasteiger partial charge in [-0.05, 0) is 38.3 Å². The van der Waals surface area contributed by atoms with Crippen LogP contribution in [0.4, 0.5) is 13.2 Å². The Bertz CT molecular complexity index is 549. The van der Waals surface area contributed by atoms with Crippen molar-refractivity contribution in [2.75, 3.05) is 0 Å². The summed E-state index contributed by atoms with van der Waals surface area (Å²) < 4.78 is 37.6. The van der Waals surface area contributed by atoms with Gasteiger partial charge in [0.1, 0.15) is 0 Å². The van der Waals surface area contributed by atoms with Crippen LogP contribution in [-0.2, 0) is 11.9 Å². The van der Waals surface area contributed by atoms with Gasteiger partial charge in [0.25, 0.3) is 0 Å². The number of alkyl halides is 3. The van der Waals surface area contributed by atoms with Gasteiger partial charge in [-0.2, -0.15) is 13.2 Å². The Labute approximate surface area is 125 Å². The van der Waals surface area contributed by atoms with Crippen LogP contribution in [0.5, 0.6) is 0 Å². The van der Waals surface area contributed by atoms with E-state index < -0.39 is 11.7 Å². The maximum absolute atomic E-state index is 12.5. The standard InChI is InChI=1S/C12H9F3N2S3/c13-12(14,15)10-4-1-3-9(7-10)8-18-20-19-11-16-5-2-6-17-11/h1-7H,8H2. The Balaban J connectivity index is 1.83. The molecule has 1 heterocycles. The molecule has 106 valence electrons. The summed E-state index contributed by atoms with van der Waals surface area (Å²) in [5.41, 5.74) is 0.0338. The molecule has 20 heavy (non-hydrogen) atoms. The average Bonchev–Trinajstić information content (AvgIpc) is 2.44. The van der Waals surface area contributed by atoms with Crippen molar-refractivity contribution in [1.29, 1.82) is 0 Å². The van der Waals surface area contributed by atoms with Crippen LogP contribution < -0.4 is 0 Å². The molecule has 0 aliphatic heterocycles. The Morgan fingerprint density at radius 2 is 1.80 bits per heavy atom. The molecule has 0 fully saturated rings. The highest BCUT2D eigenvalue weighted by Gasteiger charge is 2.30. The van der Waals surface area contributed by atoms with E-state index >= 15 is 0 Å². The predicted molar refractivity (Wildman–Crippen MR) is 78.2 cm³/mol. The van der Waals surface area contributed by atoms with Crippen LogP contribution in [0.2, 0.25) is 0 Å². The first-order valence-corrected chi connectivity index (χ1v) is 9.10. The molecule has 1 aromatic carbocycles. The minimum Gasteiger partial charge on any atom is -0.230 e. The van der Waals surface area contributed by atoms with Crippen molar-refractivity contribution in [3.63, 3.8) is 0 Å². The molecule has 0 amide bonds. The molecular weight excluding hydrogens is 325 g/mol. The van der Waals surface area contributed by atoms with Gasteiger partial charge < -0.3 is 0 Å². The molecule has 2 aromatic rings. The third-order valence-corrected chi connectivity index (χ3v) is 5.93. The third kappa shape index (κ3) is 4.92. The van der Waals surface area contributed by atoms with Crippen LogP contribution in [-0.4, -0.2) is 9.97 Å². The number of benzene rings is 1. The Morgan fingerprint density at radius 1 is 1.05 bits per heavy atom. The number of hydrogen-bond donors (Lipinski definition) is 0. The molecule has 8 heteroatoms. The molecule has 0 unspecified atom stereocenters. The Morgan fingerprint density at radius 3 is 2.50 bits per heavy atom. The lowest BCUT2D eigenvalue weighted by Crippen LogP contribution is -2.04. The first-order chi connectivity index (χ1) is 9.55. The highest BCUT2D eigenvalue weighted by molar-refractivity contribution is 9.09. The number of rotatable bonds is 5. The fraction of sp³-hybridized carbons (Fsp3) is 0.167. The van der Waals surface area contributed by atoms with Gasteiger partial charge in [-0.3, -0.25) is 0 Å². The fourth-order valence-corrected chi connectivity index (χ4v) is 4.54. The average molecular weight is 334 g/mol. The molecule has 0 saturated carbocycles. The van der Waals surface area contributed by atoms with E-state index in [4.69, 9.17) is 0 Å². The summed E-state index contributed by atoms with van der Waals surface area (Å²) in [6.45, 7) is 0. The van der Waals surface area contributed by atoms with Gasteiger partial charge >= 0.3 is 6.18 Å². The van der Waals surface area contributed by atoms with Crippen molar-refractivity contribution < 1.29 is 13.2 Å². The second kappa shape index (κ2) is 7.24. The predicted octanol–water partition coefficient (Wildman–Crippen LogP) is 5.08. The quantitative estimate of drug-likeness (QED) is 0.431. The second-order valence-corrected chi connectivity index (χ2v) is 7.68. The van der Waals surface area contributed by atoms with Crippen LogP contribution in [0.25, 0.3) is 0 Å². The molecular formula is C12H9F3N2S3. The van der Waals surface area contributed by atoms with Crippen molar-refractivity contribution in [3.05, 3.63) is 53.9 Å². The minimum absolute atomic E-state index is 0.494. The maximum atomic E-state index is 12.5. The van der Waals surface area contributed by atoms with Crippen LogP contribution in [0.3, 0.4) is 0 Å². The lowest BCUT2D eigenvalue weighted by Gasteiger charge is -2.08. The van der Waals surface area contributed by atoms with E-state index in [9.17, 15) is 13.2 Å². The minimum atomic E-state index is -4.29. The highest BCUT2D eigenvalue weighted by Crippen LogP contribution is 2.40. The summed E-state index contributed by atoms with van der Waals surface area (Å²) in [6.07, 6.45) is -0.999. The zero-order chi connectivity index (χ0) is 14.4. The van der Waals surface area contributed by atoms with Crippen LogP contribution in [0.15, 0.2) is 47.9 Å². The van der Waals surface area contributed by atoms with Gasteiger partial charge in [0.2, 0.25) is 0 Å². The molecule has 0 atom stereocenters. The highest BCUT2D eigenvalue weighted by atomic mass is 33.5. The second-order valence-electron chi connectivity index (χ2n) is 3.64. The van der Waals surface area contributed by atoms with Crippen LogP contribution >= 0.6 is 31.4 Å². The van der Waals surface area contributed by atoms with E-state index in [0.29, 0.717) is 16.5 Å². The largest absolute Gasteiger partial charge is 0.416 e. The molecule has 0 spiro atoms. The van der Waals surface area contributed by atoms with Crippen molar-refractivity contribution in [1.82, 2.24) is 9.97 Å². The molecule has 0 aliphatic carbocycles. The molecule has 2 rings (SSSR count). The van der Waals surface area contributed by atoms with Gasteiger partial charge in [0.05, 0.1) is 5.56 Å². The van der Waals surface area contributed by atoms with E-state index in [0.717, 1.165) is 6.07 Å². The number of hydrogen-bond acceptors (Lipinski definition) is 5. The summed E-state index contributed by atoms with van der Waals surface area (Å²) in [6, 6.07) is 7.10. The summed E-state index contributed by atoms with van der Waals surface area (Å²) in [5.74, 6) is 0.494. The number of nitrogens with zero attached hydrogens (tertiary/aromatic N) is 2. The van der Waals surface area contributed by atoms with E-state index in [-0.39, 0.29) is 0 Å². The van der Waals surface area contributed by atoms with Crippen molar-refractivity contribution >= 4 is 31.4 Å². The van der Waals surface area contributed by atoms with E-state index in [1.54, 1.807) is 24.5 Å². The topological polar surface area (TPSA) is 25.8 Å². The molecule has 0 aliphatic rings. The maximum Gasteiger partial charge on any atom is 0.416 e. The zero-order valence-corrected chi connectivity index (χ0v) is 12.5. The lowest BCUT2D eigenvalue weighted by atomic mass is 10.1. The SMILES string of the molecule is FC(F)(F)c1cccc(CSSSc2ncccn2)c1. The smallest absolute Gasteiger partial charge is 0.230 e. The third-order valence-electron chi connectivity index (χ3n) is 2.18. The molecule has 0 bridgehead atoms. The molecule has 2 nitrogen and oxygen atoms in total. The summed E-state index contributed by atoms with van der Waals surface area (Å²) >= 11 is 0. The Hall–Kier alpha value is -0.860. The normalized spacial score (nSPS) is 11.6. The molecule has 0 saturated heterocycles. The van der Waals surface area contributed by atoms with E-state index in [1.165, 1.54) is 43.5 Å². The van der Waals surface area contributed by atoms with E-state index in [2.05, 4.69) is 9.97 Å². The first kappa shape index (κ1) is 15.5. The summed E-state index contributed by atoms with van der Waals surface area (Å²) in [5, 5.41) is 0.633. The summed E-state index contributed by atoms with van der Waals surface area (Å²) in [7, 11) is 4.28. The zero-order valence-electron chi connectivity index (χ0n) is 10.0. The van der Waals surface area contributed by atoms with Gasteiger partial charge in [0, 0.05) is 18.1 Å². The number of halogens is 3. The van der Waals surface area contributed by atoms with Gasteiger partial charge in [0.15, 0.2) is 5.16 Å². The molecule has 0 N–H and O–H groups in total. The van der Waals surface area contributed by atoms with Gasteiger partial charge in [-0.1, -0.05) is 29.0 Å². The van der Waals surface area contributed by atoms with Crippen molar-refractivity contribution in [2.24, 2.45) is 0 Å². The monoisotopic (exact) mass is 334 g/mol. The lowest BCUT2D eigenvalue weighted by molar-refractivity contribution is -0.137. The Kier molecular flexibility index (Phi) is 5.62. The van der Waals surface area contributed by atoms with E-state index in [1.807, 2.05) is 0 Å².